The Morgan fingerprint density at radius 1 is 1.47 bits per heavy atom. The number of hydrogen-bond donors (Lipinski definition) is 1. The summed E-state index contributed by atoms with van der Waals surface area (Å²) in [5.74, 6) is 2.25. The van der Waals surface area contributed by atoms with Gasteiger partial charge in [0.2, 0.25) is 0 Å². The molecular formula is C13H18N2S2. The molecule has 1 heterocycles. The van der Waals surface area contributed by atoms with E-state index in [1.807, 2.05) is 11.8 Å². The summed E-state index contributed by atoms with van der Waals surface area (Å²) in [6.45, 7) is 6.54. The summed E-state index contributed by atoms with van der Waals surface area (Å²) >= 11 is 7.38. The molecule has 4 heteroatoms. The number of thioether (sulfide) groups is 1. The van der Waals surface area contributed by atoms with E-state index in [1.165, 1.54) is 11.1 Å². The monoisotopic (exact) mass is 266 g/mol. The Morgan fingerprint density at radius 2 is 2.24 bits per heavy atom. The second-order valence-electron chi connectivity index (χ2n) is 4.33. The maximum absolute atomic E-state index is 5.42. The summed E-state index contributed by atoms with van der Waals surface area (Å²) in [6.07, 6.45) is 0. The van der Waals surface area contributed by atoms with Gasteiger partial charge in [0.25, 0.3) is 0 Å². The predicted molar refractivity (Wildman–Crippen MR) is 79.6 cm³/mol. The first-order valence-corrected chi connectivity index (χ1v) is 7.48. The van der Waals surface area contributed by atoms with Crippen molar-refractivity contribution in [2.24, 2.45) is 0 Å². The van der Waals surface area contributed by atoms with Crippen LogP contribution in [0.2, 0.25) is 0 Å². The average molecular weight is 266 g/mol. The first-order chi connectivity index (χ1) is 8.13. The Balaban J connectivity index is 2.48. The van der Waals surface area contributed by atoms with Crippen LogP contribution in [-0.4, -0.2) is 21.1 Å². The molecule has 0 aliphatic heterocycles. The SMILES string of the molecule is CCSCC(C)n1c(=S)[nH]c2ccc(C)cc21. The van der Waals surface area contributed by atoms with Gasteiger partial charge in [0, 0.05) is 11.8 Å². The van der Waals surface area contributed by atoms with E-state index in [0.29, 0.717) is 6.04 Å². The number of nitrogens with zero attached hydrogens (tertiary/aromatic N) is 1. The first kappa shape index (κ1) is 12.7. The number of aromatic nitrogens is 2. The van der Waals surface area contributed by atoms with Gasteiger partial charge in [-0.3, -0.25) is 0 Å². The van der Waals surface area contributed by atoms with Crippen molar-refractivity contribution in [3.05, 3.63) is 28.5 Å². The van der Waals surface area contributed by atoms with Gasteiger partial charge in [-0.25, -0.2) is 0 Å². The topological polar surface area (TPSA) is 20.7 Å². The van der Waals surface area contributed by atoms with Crippen molar-refractivity contribution in [1.82, 2.24) is 9.55 Å². The second kappa shape index (κ2) is 5.27. The molecule has 0 fully saturated rings. The van der Waals surface area contributed by atoms with Crippen LogP contribution in [-0.2, 0) is 0 Å². The van der Waals surface area contributed by atoms with E-state index >= 15 is 0 Å². The molecule has 0 saturated heterocycles. The highest BCUT2D eigenvalue weighted by Gasteiger charge is 2.10. The van der Waals surface area contributed by atoms with Gasteiger partial charge in [-0.15, -0.1) is 0 Å². The van der Waals surface area contributed by atoms with Gasteiger partial charge in [0.15, 0.2) is 4.77 Å². The number of fused-ring (bicyclic) bond motifs is 1. The standard InChI is InChI=1S/C13H18N2S2/c1-4-17-8-10(3)15-12-7-9(2)5-6-11(12)14-13(15)16/h5-7,10H,4,8H2,1-3H3,(H,14,16). The lowest BCUT2D eigenvalue weighted by atomic mass is 10.2. The molecule has 0 aliphatic carbocycles. The van der Waals surface area contributed by atoms with Gasteiger partial charge in [0.05, 0.1) is 11.0 Å². The molecule has 1 aromatic carbocycles. The first-order valence-electron chi connectivity index (χ1n) is 5.92. The Labute approximate surface area is 111 Å². The van der Waals surface area contributed by atoms with E-state index in [-0.39, 0.29) is 0 Å². The number of nitrogens with one attached hydrogen (secondary N) is 1. The summed E-state index contributed by atoms with van der Waals surface area (Å²) in [5, 5.41) is 0. The van der Waals surface area contributed by atoms with Gasteiger partial charge < -0.3 is 9.55 Å². The maximum atomic E-state index is 5.42. The minimum Gasteiger partial charge on any atom is -0.331 e. The van der Waals surface area contributed by atoms with Crippen LogP contribution in [0.5, 0.6) is 0 Å². The lowest BCUT2D eigenvalue weighted by molar-refractivity contribution is 0.619. The number of aryl methyl sites for hydroxylation is 1. The fourth-order valence-electron chi connectivity index (χ4n) is 2.03. The minimum absolute atomic E-state index is 0.433. The molecule has 92 valence electrons. The van der Waals surface area contributed by atoms with Gasteiger partial charge in [-0.2, -0.15) is 11.8 Å². The van der Waals surface area contributed by atoms with Crippen molar-refractivity contribution in [3.63, 3.8) is 0 Å². The van der Waals surface area contributed by atoms with Crippen LogP contribution in [0.15, 0.2) is 18.2 Å². The molecule has 2 rings (SSSR count). The molecule has 0 saturated carbocycles. The van der Waals surface area contributed by atoms with Crippen LogP contribution >= 0.6 is 24.0 Å². The molecule has 17 heavy (non-hydrogen) atoms. The third-order valence-electron chi connectivity index (χ3n) is 2.88. The summed E-state index contributed by atoms with van der Waals surface area (Å²) in [6, 6.07) is 6.86. The smallest absolute Gasteiger partial charge is 0.178 e. The molecule has 1 aromatic heterocycles. The fourth-order valence-corrected chi connectivity index (χ4v) is 3.15. The molecule has 2 aromatic rings. The number of imidazole rings is 1. The van der Waals surface area contributed by atoms with Gasteiger partial charge in [-0.1, -0.05) is 13.0 Å². The molecule has 0 amide bonds. The number of benzene rings is 1. The van der Waals surface area contributed by atoms with Crippen LogP contribution in [0.3, 0.4) is 0 Å². The molecule has 0 spiro atoms. The van der Waals surface area contributed by atoms with Crippen molar-refractivity contribution in [2.45, 2.75) is 26.8 Å². The zero-order valence-electron chi connectivity index (χ0n) is 10.5. The largest absolute Gasteiger partial charge is 0.331 e. The Kier molecular flexibility index (Phi) is 3.94. The van der Waals surface area contributed by atoms with Crippen LogP contribution in [0.25, 0.3) is 11.0 Å². The Morgan fingerprint density at radius 3 is 2.94 bits per heavy atom. The molecule has 1 N–H and O–H groups in total. The van der Waals surface area contributed by atoms with Crippen molar-refractivity contribution >= 4 is 35.0 Å². The van der Waals surface area contributed by atoms with E-state index in [4.69, 9.17) is 12.2 Å². The highest BCUT2D eigenvalue weighted by Crippen LogP contribution is 2.22. The minimum atomic E-state index is 0.433. The summed E-state index contributed by atoms with van der Waals surface area (Å²) < 4.78 is 3.06. The quantitative estimate of drug-likeness (QED) is 0.832. The number of H-pyrrole nitrogens is 1. The van der Waals surface area contributed by atoms with Crippen molar-refractivity contribution in [2.75, 3.05) is 11.5 Å². The van der Waals surface area contributed by atoms with Crippen molar-refractivity contribution in [3.8, 4) is 0 Å². The predicted octanol–water partition coefficient (Wildman–Crippen LogP) is 4.32. The zero-order chi connectivity index (χ0) is 12.4. The molecule has 2 nitrogen and oxygen atoms in total. The van der Waals surface area contributed by atoms with Crippen molar-refractivity contribution in [1.29, 1.82) is 0 Å². The molecule has 0 bridgehead atoms. The normalized spacial score (nSPS) is 13.1. The lowest BCUT2D eigenvalue weighted by Gasteiger charge is -2.13. The van der Waals surface area contributed by atoms with Crippen LogP contribution in [0, 0.1) is 11.7 Å². The van der Waals surface area contributed by atoms with Crippen LogP contribution in [0.4, 0.5) is 0 Å². The van der Waals surface area contributed by atoms with E-state index in [1.54, 1.807) is 0 Å². The number of aromatic amines is 1. The van der Waals surface area contributed by atoms with Gasteiger partial charge in [0.1, 0.15) is 0 Å². The summed E-state index contributed by atoms with van der Waals surface area (Å²) in [5.41, 5.74) is 3.63. The van der Waals surface area contributed by atoms with Crippen molar-refractivity contribution < 1.29 is 0 Å². The van der Waals surface area contributed by atoms with E-state index in [0.717, 1.165) is 21.8 Å². The zero-order valence-corrected chi connectivity index (χ0v) is 12.1. The fraction of sp³-hybridized carbons (Fsp3) is 0.462. The highest BCUT2D eigenvalue weighted by molar-refractivity contribution is 7.99. The molecule has 0 radical (unpaired) electrons. The number of rotatable bonds is 4. The average Bonchev–Trinajstić information content (AvgIpc) is 2.61. The molecular weight excluding hydrogens is 248 g/mol. The maximum Gasteiger partial charge on any atom is 0.178 e. The second-order valence-corrected chi connectivity index (χ2v) is 6.03. The Hall–Kier alpha value is -0.740. The molecule has 0 aliphatic rings. The third-order valence-corrected chi connectivity index (χ3v) is 4.30. The number of hydrogen-bond acceptors (Lipinski definition) is 2. The van der Waals surface area contributed by atoms with E-state index in [9.17, 15) is 0 Å². The third kappa shape index (κ3) is 2.58. The van der Waals surface area contributed by atoms with E-state index in [2.05, 4.69) is 48.5 Å². The summed E-state index contributed by atoms with van der Waals surface area (Å²) in [4.78, 5) is 3.28. The van der Waals surface area contributed by atoms with Gasteiger partial charge >= 0.3 is 0 Å². The van der Waals surface area contributed by atoms with E-state index < -0.39 is 0 Å². The van der Waals surface area contributed by atoms with Crippen LogP contribution in [0.1, 0.15) is 25.5 Å². The lowest BCUT2D eigenvalue weighted by Crippen LogP contribution is -2.08. The molecule has 1 atom stereocenters. The Bertz CT molecular complexity index is 568. The highest BCUT2D eigenvalue weighted by atomic mass is 32.2. The van der Waals surface area contributed by atoms with Gasteiger partial charge in [-0.05, 0) is 49.5 Å². The summed E-state index contributed by atoms with van der Waals surface area (Å²) in [7, 11) is 0. The molecule has 1 unspecified atom stereocenters. The van der Waals surface area contributed by atoms with Crippen LogP contribution < -0.4 is 0 Å².